The summed E-state index contributed by atoms with van der Waals surface area (Å²) >= 11 is 0. The van der Waals surface area contributed by atoms with Crippen LogP contribution in [0.25, 0.3) is 0 Å². The van der Waals surface area contributed by atoms with Gasteiger partial charge in [0.15, 0.2) is 0 Å². The number of allylic oxidation sites excluding steroid dienone is 4. The average Bonchev–Trinajstić information content (AvgIpc) is 2.96. The maximum Gasteiger partial charge on any atom is 0.146 e. The van der Waals surface area contributed by atoms with E-state index in [1.807, 2.05) is 42.5 Å². The van der Waals surface area contributed by atoms with Gasteiger partial charge in [-0.2, -0.15) is 0 Å². The van der Waals surface area contributed by atoms with E-state index in [9.17, 15) is 4.79 Å². The van der Waals surface area contributed by atoms with E-state index in [1.165, 1.54) is 0 Å². The quantitative estimate of drug-likeness (QED) is 0.595. The first-order chi connectivity index (χ1) is 8.76. The number of ether oxygens (including phenoxy) is 1. The fourth-order valence-corrected chi connectivity index (χ4v) is 2.15. The van der Waals surface area contributed by atoms with Gasteiger partial charge in [0.05, 0.1) is 7.11 Å². The Kier molecular flexibility index (Phi) is 3.34. The van der Waals surface area contributed by atoms with Crippen LogP contribution in [0.5, 0.6) is 5.75 Å². The molecule has 0 spiro atoms. The highest BCUT2D eigenvalue weighted by Crippen LogP contribution is 2.35. The van der Waals surface area contributed by atoms with Crippen LogP contribution < -0.4 is 4.74 Å². The highest BCUT2D eigenvalue weighted by atomic mass is 16.5. The number of hydrogen-bond acceptors (Lipinski definition) is 2. The molecule has 0 saturated carbocycles. The topological polar surface area (TPSA) is 26.3 Å². The lowest BCUT2D eigenvalue weighted by molar-refractivity contribution is -0.110. The molecule has 0 N–H and O–H groups in total. The summed E-state index contributed by atoms with van der Waals surface area (Å²) in [5, 5.41) is 0. The van der Waals surface area contributed by atoms with Gasteiger partial charge in [0.1, 0.15) is 17.5 Å². The number of carbonyl (C=O) groups is 1. The normalized spacial score (nSPS) is 16.6. The molecule has 0 bridgehead atoms. The largest absolute Gasteiger partial charge is 0.497 e. The van der Waals surface area contributed by atoms with Crippen molar-refractivity contribution < 1.29 is 9.53 Å². The van der Waals surface area contributed by atoms with Crippen molar-refractivity contribution in [2.45, 2.75) is 11.8 Å². The minimum atomic E-state index is -0.988. The maximum absolute atomic E-state index is 11.6. The highest BCUT2D eigenvalue weighted by molar-refractivity contribution is 5.81. The number of rotatable bonds is 4. The van der Waals surface area contributed by atoms with Gasteiger partial charge in [-0.25, -0.2) is 0 Å². The van der Waals surface area contributed by atoms with Gasteiger partial charge in [-0.3, -0.25) is 0 Å². The fourth-order valence-electron chi connectivity index (χ4n) is 2.15. The van der Waals surface area contributed by atoms with Crippen LogP contribution in [0.15, 0.2) is 48.1 Å². The lowest BCUT2D eigenvalue weighted by atomic mass is 9.75. The van der Waals surface area contributed by atoms with Crippen molar-refractivity contribution in [3.8, 4) is 18.1 Å². The Morgan fingerprint density at radius 2 is 2.33 bits per heavy atom. The lowest BCUT2D eigenvalue weighted by Crippen LogP contribution is -2.28. The van der Waals surface area contributed by atoms with E-state index in [1.54, 1.807) is 7.11 Å². The Bertz CT molecular complexity index is 561. The highest BCUT2D eigenvalue weighted by Gasteiger charge is 2.34. The first-order valence-corrected chi connectivity index (χ1v) is 5.71. The average molecular weight is 238 g/mol. The van der Waals surface area contributed by atoms with Gasteiger partial charge in [-0.15, -0.1) is 6.42 Å². The van der Waals surface area contributed by atoms with E-state index in [0.29, 0.717) is 12.2 Å². The molecule has 1 atom stereocenters. The molecule has 1 aliphatic rings. The number of methoxy groups -OCH3 is 1. The minimum absolute atomic E-state index is 0.695. The number of aldehydes is 1. The van der Waals surface area contributed by atoms with Crippen LogP contribution in [0.3, 0.4) is 0 Å². The smallest absolute Gasteiger partial charge is 0.146 e. The molecule has 0 aliphatic heterocycles. The third-order valence-corrected chi connectivity index (χ3v) is 3.21. The summed E-state index contributed by atoms with van der Waals surface area (Å²) in [6.07, 6.45) is 13.0. The van der Waals surface area contributed by atoms with Gasteiger partial charge < -0.3 is 9.53 Å². The van der Waals surface area contributed by atoms with Crippen molar-refractivity contribution in [3.63, 3.8) is 0 Å². The van der Waals surface area contributed by atoms with E-state index < -0.39 is 5.41 Å². The van der Waals surface area contributed by atoms with Crippen molar-refractivity contribution in [1.82, 2.24) is 0 Å². The molecule has 0 radical (unpaired) electrons. The standard InChI is InChI=1S/C16H14O2/c1-3-16(12-17,13-7-4-5-8-13)14-9-6-10-15(11-14)18-2/h1,4-7,9-12H,8H2,2H3. The molecule has 0 amide bonds. The number of hydrogen-bond donors (Lipinski definition) is 0. The van der Waals surface area contributed by atoms with Crippen LogP contribution in [0.4, 0.5) is 0 Å². The van der Waals surface area contributed by atoms with E-state index >= 15 is 0 Å². The van der Waals surface area contributed by atoms with Gasteiger partial charge in [-0.05, 0) is 29.7 Å². The fraction of sp³-hybridized carbons (Fsp3) is 0.188. The Morgan fingerprint density at radius 1 is 1.50 bits per heavy atom. The van der Waals surface area contributed by atoms with Gasteiger partial charge in [0.2, 0.25) is 0 Å². The minimum Gasteiger partial charge on any atom is -0.497 e. The molecule has 90 valence electrons. The van der Waals surface area contributed by atoms with Crippen molar-refractivity contribution >= 4 is 6.29 Å². The molecule has 2 heteroatoms. The molecule has 1 aromatic rings. The number of terminal acetylenes is 1. The Morgan fingerprint density at radius 3 is 2.89 bits per heavy atom. The van der Waals surface area contributed by atoms with Crippen LogP contribution in [-0.4, -0.2) is 13.4 Å². The summed E-state index contributed by atoms with van der Waals surface area (Å²) in [6, 6.07) is 7.34. The molecule has 1 unspecified atom stereocenters. The second-order valence-electron chi connectivity index (χ2n) is 4.13. The molecule has 0 aromatic heterocycles. The molecule has 0 fully saturated rings. The molecule has 1 aliphatic carbocycles. The number of benzene rings is 1. The van der Waals surface area contributed by atoms with Crippen LogP contribution in [0.2, 0.25) is 0 Å². The van der Waals surface area contributed by atoms with E-state index in [2.05, 4.69) is 5.92 Å². The second-order valence-corrected chi connectivity index (χ2v) is 4.13. The first-order valence-electron chi connectivity index (χ1n) is 5.71. The molecular weight excluding hydrogens is 224 g/mol. The summed E-state index contributed by atoms with van der Waals surface area (Å²) in [4.78, 5) is 11.6. The van der Waals surface area contributed by atoms with Crippen LogP contribution in [0, 0.1) is 12.3 Å². The van der Waals surface area contributed by atoms with Crippen molar-refractivity contribution in [2.75, 3.05) is 7.11 Å². The predicted octanol–water partition coefficient (Wildman–Crippen LogP) is 2.65. The summed E-state index contributed by atoms with van der Waals surface area (Å²) < 4.78 is 5.18. The summed E-state index contributed by atoms with van der Waals surface area (Å²) in [5.74, 6) is 3.34. The molecule has 18 heavy (non-hydrogen) atoms. The van der Waals surface area contributed by atoms with Gasteiger partial charge >= 0.3 is 0 Å². The van der Waals surface area contributed by atoms with Crippen LogP contribution in [0.1, 0.15) is 12.0 Å². The molecule has 2 rings (SSSR count). The van der Waals surface area contributed by atoms with Crippen LogP contribution >= 0.6 is 0 Å². The van der Waals surface area contributed by atoms with Crippen LogP contribution in [-0.2, 0) is 10.2 Å². The summed E-state index contributed by atoms with van der Waals surface area (Å²) in [6.45, 7) is 0. The molecule has 0 saturated heterocycles. The monoisotopic (exact) mass is 238 g/mol. The second kappa shape index (κ2) is 4.93. The molecule has 2 nitrogen and oxygen atoms in total. The Hall–Kier alpha value is -2.27. The predicted molar refractivity (Wildman–Crippen MR) is 71.4 cm³/mol. The Balaban J connectivity index is 2.54. The third kappa shape index (κ3) is 1.84. The SMILES string of the molecule is C#CC(C=O)(C1=CC=CC1)c1cccc(OC)c1. The van der Waals surface area contributed by atoms with E-state index in [4.69, 9.17) is 11.2 Å². The maximum atomic E-state index is 11.6. The molecular formula is C16H14O2. The van der Waals surface area contributed by atoms with Crippen molar-refractivity contribution in [2.24, 2.45) is 0 Å². The van der Waals surface area contributed by atoms with Gasteiger partial charge in [0.25, 0.3) is 0 Å². The Labute approximate surface area is 107 Å². The summed E-state index contributed by atoms with van der Waals surface area (Å²) in [7, 11) is 1.59. The lowest BCUT2D eigenvalue weighted by Gasteiger charge is -2.24. The zero-order valence-electron chi connectivity index (χ0n) is 10.2. The molecule has 1 aromatic carbocycles. The van der Waals surface area contributed by atoms with Gasteiger partial charge in [-0.1, -0.05) is 36.3 Å². The number of carbonyl (C=O) groups excluding carboxylic acids is 1. The molecule has 0 heterocycles. The first kappa shape index (κ1) is 12.2. The van der Waals surface area contributed by atoms with Gasteiger partial charge in [0, 0.05) is 0 Å². The third-order valence-electron chi connectivity index (χ3n) is 3.21. The van der Waals surface area contributed by atoms with E-state index in [0.717, 1.165) is 17.4 Å². The van der Waals surface area contributed by atoms with Crippen molar-refractivity contribution in [1.29, 1.82) is 0 Å². The zero-order valence-corrected chi connectivity index (χ0v) is 10.2. The zero-order chi connectivity index (χ0) is 13.0. The van der Waals surface area contributed by atoms with E-state index in [-0.39, 0.29) is 0 Å². The summed E-state index contributed by atoms with van der Waals surface area (Å²) in [5.41, 5.74) is 0.709. The van der Waals surface area contributed by atoms with Crippen molar-refractivity contribution in [3.05, 3.63) is 53.6 Å².